The van der Waals surface area contributed by atoms with E-state index in [1.807, 2.05) is 12.1 Å². The van der Waals surface area contributed by atoms with E-state index in [0.29, 0.717) is 5.75 Å². The van der Waals surface area contributed by atoms with Crippen LogP contribution in [-0.4, -0.2) is 5.11 Å². The molecule has 0 aliphatic carbocycles. The second-order valence-corrected chi connectivity index (χ2v) is 9.07. The van der Waals surface area contributed by atoms with Crippen LogP contribution < -0.4 is 0 Å². The van der Waals surface area contributed by atoms with Crippen molar-refractivity contribution in [1.29, 1.82) is 0 Å². The number of phenols is 1. The van der Waals surface area contributed by atoms with Gasteiger partial charge in [0, 0.05) is 0 Å². The second kappa shape index (κ2) is 19.0. The van der Waals surface area contributed by atoms with Crippen molar-refractivity contribution in [3.05, 3.63) is 29.3 Å². The Labute approximate surface area is 182 Å². The van der Waals surface area contributed by atoms with Crippen molar-refractivity contribution in [2.45, 2.75) is 142 Å². The zero-order chi connectivity index (χ0) is 21.0. The van der Waals surface area contributed by atoms with Crippen molar-refractivity contribution in [3.8, 4) is 5.75 Å². The highest BCUT2D eigenvalue weighted by molar-refractivity contribution is 5.39. The number of hydrogen-bond donors (Lipinski definition) is 1. The Morgan fingerprint density at radius 3 is 1.41 bits per heavy atom. The Morgan fingerprint density at radius 2 is 0.931 bits per heavy atom. The van der Waals surface area contributed by atoms with E-state index in [-0.39, 0.29) is 0 Å². The van der Waals surface area contributed by atoms with Crippen LogP contribution in [-0.2, 0) is 12.8 Å². The number of aryl methyl sites for hydroxylation is 1. The summed E-state index contributed by atoms with van der Waals surface area (Å²) in [6, 6.07) is 6.14. The molecule has 168 valence electrons. The fourth-order valence-corrected chi connectivity index (χ4v) is 4.38. The Hall–Kier alpha value is -0.980. The summed E-state index contributed by atoms with van der Waals surface area (Å²) in [5.41, 5.74) is 2.63. The first kappa shape index (κ1) is 26.1. The molecule has 1 aromatic carbocycles. The van der Waals surface area contributed by atoms with Crippen LogP contribution >= 0.6 is 0 Å². The minimum Gasteiger partial charge on any atom is -0.508 e. The minimum atomic E-state index is 0.525. The summed E-state index contributed by atoms with van der Waals surface area (Å²) in [7, 11) is 0. The van der Waals surface area contributed by atoms with E-state index in [2.05, 4.69) is 19.9 Å². The molecule has 0 unspecified atom stereocenters. The molecular formula is C28H50O. The quantitative estimate of drug-likeness (QED) is 0.215. The third-order valence-corrected chi connectivity index (χ3v) is 6.33. The molecule has 0 spiro atoms. The van der Waals surface area contributed by atoms with Gasteiger partial charge in [0.1, 0.15) is 5.75 Å². The van der Waals surface area contributed by atoms with Crippen LogP contribution in [0.3, 0.4) is 0 Å². The van der Waals surface area contributed by atoms with Gasteiger partial charge in [0.15, 0.2) is 0 Å². The SMILES string of the molecule is CCCCCCCCCCCCCc1c(O)cccc1CCCCCCCCC. The first-order valence-corrected chi connectivity index (χ1v) is 13.1. The average Bonchev–Trinajstić information content (AvgIpc) is 2.72. The summed E-state index contributed by atoms with van der Waals surface area (Å²) in [5.74, 6) is 0.525. The number of unbranched alkanes of at least 4 members (excludes halogenated alkanes) is 16. The van der Waals surface area contributed by atoms with Gasteiger partial charge in [-0.3, -0.25) is 0 Å². The zero-order valence-electron chi connectivity index (χ0n) is 19.8. The fraction of sp³-hybridized carbons (Fsp3) is 0.786. The molecule has 0 heterocycles. The molecule has 0 aliphatic rings. The van der Waals surface area contributed by atoms with Gasteiger partial charge in [0.2, 0.25) is 0 Å². The lowest BCUT2D eigenvalue weighted by Crippen LogP contribution is -1.96. The van der Waals surface area contributed by atoms with E-state index < -0.39 is 0 Å². The smallest absolute Gasteiger partial charge is 0.119 e. The Morgan fingerprint density at radius 1 is 0.517 bits per heavy atom. The van der Waals surface area contributed by atoms with Gasteiger partial charge in [-0.25, -0.2) is 0 Å². The van der Waals surface area contributed by atoms with Gasteiger partial charge in [0.05, 0.1) is 0 Å². The molecule has 29 heavy (non-hydrogen) atoms. The minimum absolute atomic E-state index is 0.525. The highest BCUT2D eigenvalue weighted by atomic mass is 16.3. The maximum atomic E-state index is 10.4. The Bertz CT molecular complexity index is 479. The van der Waals surface area contributed by atoms with E-state index in [1.165, 1.54) is 127 Å². The summed E-state index contributed by atoms with van der Waals surface area (Å²) in [5, 5.41) is 10.4. The molecule has 1 heteroatoms. The predicted octanol–water partition coefficient (Wildman–Crippen LogP) is 9.54. The Kier molecular flexibility index (Phi) is 17.1. The normalized spacial score (nSPS) is 11.2. The van der Waals surface area contributed by atoms with Gasteiger partial charge in [-0.05, 0) is 42.9 Å². The Balaban J connectivity index is 2.14. The number of phenolic OH excluding ortho intramolecular Hbond substituents is 1. The lowest BCUT2D eigenvalue weighted by molar-refractivity contribution is 0.464. The van der Waals surface area contributed by atoms with E-state index in [4.69, 9.17) is 0 Å². The van der Waals surface area contributed by atoms with Crippen LogP contribution in [0, 0.1) is 0 Å². The zero-order valence-corrected chi connectivity index (χ0v) is 19.8. The monoisotopic (exact) mass is 402 g/mol. The van der Waals surface area contributed by atoms with E-state index in [1.54, 1.807) is 0 Å². The number of benzene rings is 1. The summed E-state index contributed by atoms with van der Waals surface area (Å²) >= 11 is 0. The first-order chi connectivity index (χ1) is 14.3. The van der Waals surface area contributed by atoms with Gasteiger partial charge >= 0.3 is 0 Å². The van der Waals surface area contributed by atoms with Crippen LogP contribution in [0.4, 0.5) is 0 Å². The molecule has 0 atom stereocenters. The molecule has 0 aromatic heterocycles. The van der Waals surface area contributed by atoms with Crippen molar-refractivity contribution < 1.29 is 5.11 Å². The molecule has 0 radical (unpaired) electrons. The standard InChI is InChI=1S/C28H50O/c1-3-5-7-9-11-12-13-14-16-18-20-24-27-26(23-21-25-28(27)29)22-19-17-15-10-8-6-4-2/h21,23,25,29H,3-20,22,24H2,1-2H3. The van der Waals surface area contributed by atoms with Crippen LogP contribution in [0.15, 0.2) is 18.2 Å². The van der Waals surface area contributed by atoms with Gasteiger partial charge in [-0.15, -0.1) is 0 Å². The summed E-state index contributed by atoms with van der Waals surface area (Å²) in [6.07, 6.45) is 26.8. The maximum absolute atomic E-state index is 10.4. The van der Waals surface area contributed by atoms with Crippen LogP contribution in [0.5, 0.6) is 5.75 Å². The van der Waals surface area contributed by atoms with Crippen molar-refractivity contribution in [3.63, 3.8) is 0 Å². The van der Waals surface area contributed by atoms with Crippen LogP contribution in [0.25, 0.3) is 0 Å². The highest BCUT2D eigenvalue weighted by Gasteiger charge is 2.07. The van der Waals surface area contributed by atoms with Crippen molar-refractivity contribution in [1.82, 2.24) is 0 Å². The molecular weight excluding hydrogens is 352 g/mol. The molecule has 0 saturated carbocycles. The summed E-state index contributed by atoms with van der Waals surface area (Å²) in [4.78, 5) is 0. The molecule has 1 rings (SSSR count). The molecule has 0 amide bonds. The summed E-state index contributed by atoms with van der Waals surface area (Å²) < 4.78 is 0. The summed E-state index contributed by atoms with van der Waals surface area (Å²) in [6.45, 7) is 4.56. The van der Waals surface area contributed by atoms with Crippen molar-refractivity contribution in [2.75, 3.05) is 0 Å². The third kappa shape index (κ3) is 13.8. The van der Waals surface area contributed by atoms with Crippen LogP contribution in [0.2, 0.25) is 0 Å². The van der Waals surface area contributed by atoms with E-state index >= 15 is 0 Å². The second-order valence-electron chi connectivity index (χ2n) is 9.07. The van der Waals surface area contributed by atoms with E-state index in [0.717, 1.165) is 12.8 Å². The predicted molar refractivity (Wildman–Crippen MR) is 130 cm³/mol. The molecule has 1 nitrogen and oxygen atoms in total. The average molecular weight is 403 g/mol. The topological polar surface area (TPSA) is 20.2 Å². The van der Waals surface area contributed by atoms with Gasteiger partial charge < -0.3 is 5.11 Å². The number of aromatic hydroxyl groups is 1. The van der Waals surface area contributed by atoms with E-state index in [9.17, 15) is 5.11 Å². The number of hydrogen-bond acceptors (Lipinski definition) is 1. The lowest BCUT2D eigenvalue weighted by Gasteiger charge is -2.12. The third-order valence-electron chi connectivity index (χ3n) is 6.33. The molecule has 0 saturated heterocycles. The molecule has 0 bridgehead atoms. The van der Waals surface area contributed by atoms with Crippen molar-refractivity contribution in [2.24, 2.45) is 0 Å². The van der Waals surface area contributed by atoms with Gasteiger partial charge in [-0.1, -0.05) is 129 Å². The van der Waals surface area contributed by atoms with Gasteiger partial charge in [0.25, 0.3) is 0 Å². The lowest BCUT2D eigenvalue weighted by atomic mass is 9.95. The van der Waals surface area contributed by atoms with Gasteiger partial charge in [-0.2, -0.15) is 0 Å². The van der Waals surface area contributed by atoms with Crippen molar-refractivity contribution >= 4 is 0 Å². The largest absolute Gasteiger partial charge is 0.508 e. The fourth-order valence-electron chi connectivity index (χ4n) is 4.38. The molecule has 1 N–H and O–H groups in total. The molecule has 0 aliphatic heterocycles. The first-order valence-electron chi connectivity index (χ1n) is 13.1. The van der Waals surface area contributed by atoms with Crippen LogP contribution in [0.1, 0.15) is 141 Å². The molecule has 0 fully saturated rings. The maximum Gasteiger partial charge on any atom is 0.119 e. The highest BCUT2D eigenvalue weighted by Crippen LogP contribution is 2.25. The molecule has 1 aromatic rings. The number of rotatable bonds is 20.